The van der Waals surface area contributed by atoms with Crippen molar-refractivity contribution >= 4 is 27.6 Å². The largest absolute Gasteiger partial charge is 0.481 e. The Morgan fingerprint density at radius 3 is 3.12 bits per heavy atom. The maximum absolute atomic E-state index is 12.7. The molecule has 1 N–H and O–H groups in total. The molecule has 1 aliphatic rings. The van der Waals surface area contributed by atoms with Gasteiger partial charge in [-0.15, -0.1) is 11.3 Å². The quantitative estimate of drug-likeness (QED) is 0.762. The van der Waals surface area contributed by atoms with Crippen molar-refractivity contribution in [1.82, 2.24) is 20.2 Å². The van der Waals surface area contributed by atoms with Gasteiger partial charge in [-0.3, -0.25) is 0 Å². The Hall–Kier alpha value is -2.67. The number of hydrogen-bond donors (Lipinski definition) is 1. The first-order chi connectivity index (χ1) is 12.7. The maximum Gasteiger partial charge on any atom is 0.318 e. The topological polar surface area (TPSA) is 67.3 Å². The first-order valence-corrected chi connectivity index (χ1v) is 9.45. The van der Waals surface area contributed by atoms with Crippen LogP contribution in [0.5, 0.6) is 5.88 Å². The predicted molar refractivity (Wildman–Crippen MR) is 101 cm³/mol. The second kappa shape index (κ2) is 7.29. The van der Waals surface area contributed by atoms with E-state index in [1.54, 1.807) is 24.6 Å². The highest BCUT2D eigenvalue weighted by Gasteiger charge is 2.32. The molecule has 0 spiro atoms. The number of pyridine rings is 1. The van der Waals surface area contributed by atoms with Gasteiger partial charge in [-0.1, -0.05) is 12.1 Å². The zero-order valence-electron chi connectivity index (χ0n) is 14.5. The molecule has 1 aliphatic heterocycles. The van der Waals surface area contributed by atoms with E-state index in [9.17, 15) is 4.79 Å². The Morgan fingerprint density at radius 1 is 1.38 bits per heavy atom. The van der Waals surface area contributed by atoms with Crippen molar-refractivity contribution in [3.8, 4) is 5.88 Å². The average Bonchev–Trinajstić information content (AvgIpc) is 3.32. The SMILES string of the molecule is COc1cc(CNC(=O)N2CCC[C@@H]2c2nc3ccccc3s2)ccn1. The number of carbonyl (C=O) groups excluding carboxylic acids is 1. The number of fused-ring (bicyclic) bond motifs is 1. The van der Waals surface area contributed by atoms with Gasteiger partial charge in [0.25, 0.3) is 0 Å². The molecular formula is C19H20N4O2S. The highest BCUT2D eigenvalue weighted by atomic mass is 32.1. The van der Waals surface area contributed by atoms with Crippen LogP contribution in [0.4, 0.5) is 4.79 Å². The summed E-state index contributed by atoms with van der Waals surface area (Å²) in [5, 5.41) is 4.02. The fourth-order valence-electron chi connectivity index (χ4n) is 3.25. The van der Waals surface area contributed by atoms with Gasteiger partial charge in [0, 0.05) is 25.4 Å². The van der Waals surface area contributed by atoms with Gasteiger partial charge < -0.3 is 15.0 Å². The number of para-hydroxylation sites is 1. The molecule has 0 bridgehead atoms. The Labute approximate surface area is 155 Å². The number of likely N-dealkylation sites (tertiary alicyclic amines) is 1. The van der Waals surface area contributed by atoms with E-state index in [1.807, 2.05) is 35.2 Å². The number of benzene rings is 1. The normalized spacial score (nSPS) is 16.8. The molecule has 3 aromatic rings. The Bertz CT molecular complexity index is 894. The molecule has 0 aliphatic carbocycles. The van der Waals surface area contributed by atoms with E-state index in [4.69, 9.17) is 9.72 Å². The number of hydrogen-bond acceptors (Lipinski definition) is 5. The molecule has 0 radical (unpaired) electrons. The molecule has 3 heterocycles. The predicted octanol–water partition coefficient (Wildman–Crippen LogP) is 3.75. The van der Waals surface area contributed by atoms with Gasteiger partial charge in [0.2, 0.25) is 5.88 Å². The van der Waals surface area contributed by atoms with Gasteiger partial charge >= 0.3 is 6.03 Å². The zero-order valence-corrected chi connectivity index (χ0v) is 15.3. The smallest absolute Gasteiger partial charge is 0.318 e. The summed E-state index contributed by atoms with van der Waals surface area (Å²) in [5.41, 5.74) is 1.96. The number of aromatic nitrogens is 2. The van der Waals surface area contributed by atoms with Crippen LogP contribution >= 0.6 is 11.3 Å². The Kier molecular flexibility index (Phi) is 4.71. The van der Waals surface area contributed by atoms with Crippen LogP contribution in [0, 0.1) is 0 Å². The number of thiazole rings is 1. The van der Waals surface area contributed by atoms with Crippen molar-refractivity contribution < 1.29 is 9.53 Å². The monoisotopic (exact) mass is 368 g/mol. The van der Waals surface area contributed by atoms with Crippen molar-refractivity contribution in [2.24, 2.45) is 0 Å². The molecule has 2 amide bonds. The van der Waals surface area contributed by atoms with Gasteiger partial charge in [-0.05, 0) is 36.6 Å². The van der Waals surface area contributed by atoms with Gasteiger partial charge in [-0.25, -0.2) is 14.8 Å². The van der Waals surface area contributed by atoms with Crippen LogP contribution in [0.2, 0.25) is 0 Å². The molecule has 1 atom stereocenters. The molecule has 0 unspecified atom stereocenters. The number of nitrogens with zero attached hydrogens (tertiary/aromatic N) is 3. The van der Waals surface area contributed by atoms with Crippen LogP contribution < -0.4 is 10.1 Å². The fourth-order valence-corrected chi connectivity index (χ4v) is 4.37. The van der Waals surface area contributed by atoms with Crippen LogP contribution in [-0.2, 0) is 6.54 Å². The van der Waals surface area contributed by atoms with Crippen LogP contribution in [0.25, 0.3) is 10.2 Å². The molecular weight excluding hydrogens is 348 g/mol. The molecule has 0 saturated carbocycles. The third kappa shape index (κ3) is 3.35. The van der Waals surface area contributed by atoms with Crippen LogP contribution in [0.15, 0.2) is 42.6 Å². The number of methoxy groups -OCH3 is 1. The number of urea groups is 1. The molecule has 2 aromatic heterocycles. The molecule has 1 aromatic carbocycles. The molecule has 6 nitrogen and oxygen atoms in total. The number of rotatable bonds is 4. The Balaban J connectivity index is 1.46. The lowest BCUT2D eigenvalue weighted by molar-refractivity contribution is 0.192. The molecule has 4 rings (SSSR count). The van der Waals surface area contributed by atoms with E-state index in [1.165, 1.54) is 4.70 Å². The third-order valence-electron chi connectivity index (χ3n) is 4.56. The van der Waals surface area contributed by atoms with E-state index >= 15 is 0 Å². The second-order valence-electron chi connectivity index (χ2n) is 6.24. The number of amides is 2. The summed E-state index contributed by atoms with van der Waals surface area (Å²) in [6.07, 6.45) is 3.63. The van der Waals surface area contributed by atoms with Crippen molar-refractivity contribution in [2.45, 2.75) is 25.4 Å². The first-order valence-electron chi connectivity index (χ1n) is 8.63. The summed E-state index contributed by atoms with van der Waals surface area (Å²) < 4.78 is 6.29. The maximum atomic E-state index is 12.7. The van der Waals surface area contributed by atoms with E-state index in [-0.39, 0.29) is 12.1 Å². The second-order valence-corrected chi connectivity index (χ2v) is 7.30. The average molecular weight is 368 g/mol. The summed E-state index contributed by atoms with van der Waals surface area (Å²) >= 11 is 1.68. The van der Waals surface area contributed by atoms with Crippen molar-refractivity contribution in [2.75, 3.05) is 13.7 Å². The van der Waals surface area contributed by atoms with Crippen LogP contribution in [0.3, 0.4) is 0 Å². The lowest BCUT2D eigenvalue weighted by atomic mass is 10.2. The van der Waals surface area contributed by atoms with E-state index in [0.29, 0.717) is 12.4 Å². The standard InChI is InChI=1S/C19H20N4O2S/c1-25-17-11-13(8-9-20-17)12-21-19(24)23-10-4-6-15(23)18-22-14-5-2-3-7-16(14)26-18/h2-3,5,7-9,11,15H,4,6,10,12H2,1H3,(H,21,24)/t15-/m1/s1. The van der Waals surface area contributed by atoms with Gasteiger partial charge in [0.15, 0.2) is 0 Å². The van der Waals surface area contributed by atoms with Gasteiger partial charge in [0.05, 0.1) is 23.4 Å². The van der Waals surface area contributed by atoms with Gasteiger partial charge in [-0.2, -0.15) is 0 Å². The number of ether oxygens (including phenoxy) is 1. The molecule has 26 heavy (non-hydrogen) atoms. The van der Waals surface area contributed by atoms with Crippen molar-refractivity contribution in [3.05, 3.63) is 53.2 Å². The highest BCUT2D eigenvalue weighted by Crippen LogP contribution is 2.36. The number of nitrogens with one attached hydrogen (secondary N) is 1. The molecule has 7 heteroatoms. The lowest BCUT2D eigenvalue weighted by Gasteiger charge is -2.23. The minimum absolute atomic E-state index is 0.0532. The van der Waals surface area contributed by atoms with E-state index in [0.717, 1.165) is 35.5 Å². The van der Waals surface area contributed by atoms with Crippen LogP contribution in [-0.4, -0.2) is 34.6 Å². The minimum Gasteiger partial charge on any atom is -0.481 e. The molecule has 1 saturated heterocycles. The summed E-state index contributed by atoms with van der Waals surface area (Å²) in [4.78, 5) is 23.4. The summed E-state index contributed by atoms with van der Waals surface area (Å²) in [6.45, 7) is 1.20. The first kappa shape index (κ1) is 16.8. The summed E-state index contributed by atoms with van der Waals surface area (Å²) in [7, 11) is 1.58. The zero-order chi connectivity index (χ0) is 17.9. The van der Waals surface area contributed by atoms with Crippen LogP contribution in [0.1, 0.15) is 29.5 Å². The van der Waals surface area contributed by atoms with E-state index < -0.39 is 0 Å². The fraction of sp³-hybridized carbons (Fsp3) is 0.316. The van der Waals surface area contributed by atoms with Gasteiger partial charge in [0.1, 0.15) is 5.01 Å². The van der Waals surface area contributed by atoms with Crippen molar-refractivity contribution in [1.29, 1.82) is 0 Å². The number of carbonyl (C=O) groups is 1. The summed E-state index contributed by atoms with van der Waals surface area (Å²) in [5.74, 6) is 0.547. The third-order valence-corrected chi connectivity index (χ3v) is 5.70. The van der Waals surface area contributed by atoms with E-state index in [2.05, 4.69) is 16.4 Å². The minimum atomic E-state index is -0.0532. The van der Waals surface area contributed by atoms with Crippen molar-refractivity contribution in [3.63, 3.8) is 0 Å². The Morgan fingerprint density at radius 2 is 2.27 bits per heavy atom. The summed E-state index contributed by atoms with van der Waals surface area (Å²) in [6, 6.07) is 11.8. The highest BCUT2D eigenvalue weighted by molar-refractivity contribution is 7.18. The molecule has 1 fully saturated rings. The molecule has 134 valence electrons. The lowest BCUT2D eigenvalue weighted by Crippen LogP contribution is -2.39.